The first-order valence-electron chi connectivity index (χ1n) is 6.97. The van der Waals surface area contributed by atoms with Gasteiger partial charge in [0.05, 0.1) is 12.7 Å². The molecule has 0 bridgehead atoms. The average molecular weight is 321 g/mol. The Kier molecular flexibility index (Phi) is 5.51. The van der Waals surface area contributed by atoms with Crippen LogP contribution in [0.4, 0.5) is 14.5 Å². The molecule has 1 N–H and O–H groups in total. The summed E-state index contributed by atoms with van der Waals surface area (Å²) in [6.45, 7) is -0.709. The zero-order chi connectivity index (χ0) is 16.8. The third-order valence-electron chi connectivity index (χ3n) is 3.32. The van der Waals surface area contributed by atoms with E-state index in [9.17, 15) is 13.6 Å². The summed E-state index contributed by atoms with van der Waals surface area (Å²) in [5.41, 5.74) is 2.65. The summed E-state index contributed by atoms with van der Waals surface area (Å²) in [7, 11) is 1.31. The molecule has 23 heavy (non-hydrogen) atoms. The summed E-state index contributed by atoms with van der Waals surface area (Å²) >= 11 is 0. The second-order valence-electron chi connectivity index (χ2n) is 4.86. The zero-order valence-corrected chi connectivity index (χ0v) is 12.8. The van der Waals surface area contributed by atoms with Gasteiger partial charge in [-0.2, -0.15) is 8.78 Å². The van der Waals surface area contributed by atoms with E-state index in [0.717, 1.165) is 11.3 Å². The Labute approximate surface area is 133 Å². The van der Waals surface area contributed by atoms with Crippen molar-refractivity contribution >= 4 is 11.7 Å². The maximum absolute atomic E-state index is 12.4. The molecule has 0 fully saturated rings. The summed E-state index contributed by atoms with van der Waals surface area (Å²) in [4.78, 5) is 11.6. The lowest BCUT2D eigenvalue weighted by Crippen LogP contribution is -2.08. The van der Waals surface area contributed by atoms with Crippen LogP contribution in [0.3, 0.4) is 0 Å². The van der Waals surface area contributed by atoms with E-state index in [1.54, 1.807) is 36.4 Å². The highest BCUT2D eigenvalue weighted by molar-refractivity contribution is 5.90. The van der Waals surface area contributed by atoms with E-state index in [1.165, 1.54) is 13.2 Å². The second-order valence-corrected chi connectivity index (χ2v) is 4.86. The Hall–Kier alpha value is -2.63. The van der Waals surface area contributed by atoms with Gasteiger partial charge in [0.2, 0.25) is 0 Å². The third kappa shape index (κ3) is 4.42. The van der Waals surface area contributed by atoms with Crippen LogP contribution in [0.2, 0.25) is 0 Å². The van der Waals surface area contributed by atoms with Crippen LogP contribution >= 0.6 is 0 Å². The van der Waals surface area contributed by atoms with Crippen LogP contribution in [0.1, 0.15) is 21.5 Å². The standard InChI is InChI=1S/C17H17F2NO3/c1-11-7-8-12(16(21)22-2)9-14(11)20-10-13-5-3-4-6-15(13)23-17(18)19/h3-9,17,20H,10H2,1-2H3. The van der Waals surface area contributed by atoms with Crippen molar-refractivity contribution in [3.8, 4) is 5.75 Å². The molecule has 0 atom stereocenters. The van der Waals surface area contributed by atoms with Crippen LogP contribution in [-0.2, 0) is 11.3 Å². The van der Waals surface area contributed by atoms with Crippen LogP contribution in [0, 0.1) is 6.92 Å². The Balaban J connectivity index is 2.16. The number of halogens is 2. The minimum Gasteiger partial charge on any atom is -0.465 e. The fourth-order valence-electron chi connectivity index (χ4n) is 2.11. The molecule has 0 aromatic heterocycles. The van der Waals surface area contributed by atoms with Gasteiger partial charge in [0, 0.05) is 17.8 Å². The van der Waals surface area contributed by atoms with Gasteiger partial charge in [-0.15, -0.1) is 0 Å². The van der Waals surface area contributed by atoms with Crippen molar-refractivity contribution in [2.75, 3.05) is 12.4 Å². The highest BCUT2D eigenvalue weighted by Gasteiger charge is 2.11. The molecule has 0 aliphatic heterocycles. The lowest BCUT2D eigenvalue weighted by molar-refractivity contribution is -0.0504. The monoisotopic (exact) mass is 321 g/mol. The molecule has 0 saturated heterocycles. The van der Waals surface area contributed by atoms with E-state index >= 15 is 0 Å². The number of ether oxygens (including phenoxy) is 2. The maximum atomic E-state index is 12.4. The number of anilines is 1. The van der Waals surface area contributed by atoms with Crippen molar-refractivity contribution in [2.24, 2.45) is 0 Å². The Bertz CT molecular complexity index is 689. The summed E-state index contributed by atoms with van der Waals surface area (Å²) in [5, 5.41) is 3.13. The molecule has 0 aliphatic rings. The number of rotatable bonds is 6. The molecule has 0 radical (unpaired) electrons. The number of carbonyl (C=O) groups excluding carboxylic acids is 1. The molecule has 2 rings (SSSR count). The molecule has 6 heteroatoms. The molecule has 4 nitrogen and oxygen atoms in total. The summed E-state index contributed by atoms with van der Waals surface area (Å²) in [5.74, 6) is -0.314. The highest BCUT2D eigenvalue weighted by atomic mass is 19.3. The number of esters is 1. The van der Waals surface area contributed by atoms with E-state index in [1.807, 2.05) is 6.92 Å². The lowest BCUT2D eigenvalue weighted by Gasteiger charge is -2.14. The fourth-order valence-corrected chi connectivity index (χ4v) is 2.11. The molecule has 2 aromatic rings. The van der Waals surface area contributed by atoms with Gasteiger partial charge in [-0.25, -0.2) is 4.79 Å². The quantitative estimate of drug-likeness (QED) is 0.817. The fraction of sp³-hybridized carbons (Fsp3) is 0.235. The van der Waals surface area contributed by atoms with Crippen molar-refractivity contribution in [1.29, 1.82) is 0 Å². The second kappa shape index (κ2) is 7.58. The summed E-state index contributed by atoms with van der Waals surface area (Å²) in [6, 6.07) is 11.7. The number of carbonyl (C=O) groups is 1. The molecule has 2 aromatic carbocycles. The van der Waals surface area contributed by atoms with Crippen LogP contribution in [-0.4, -0.2) is 19.7 Å². The van der Waals surface area contributed by atoms with Gasteiger partial charge in [-0.05, 0) is 30.7 Å². The first-order valence-corrected chi connectivity index (χ1v) is 6.97. The van der Waals surface area contributed by atoms with Crippen molar-refractivity contribution in [3.05, 3.63) is 59.2 Å². The normalized spacial score (nSPS) is 10.5. The SMILES string of the molecule is COC(=O)c1ccc(C)c(NCc2ccccc2OC(F)F)c1. The van der Waals surface area contributed by atoms with E-state index in [4.69, 9.17) is 0 Å². The largest absolute Gasteiger partial charge is 0.465 e. The molecule has 0 amide bonds. The number of aryl methyl sites for hydroxylation is 1. The number of alkyl halides is 2. The van der Waals surface area contributed by atoms with Gasteiger partial charge in [-0.1, -0.05) is 24.3 Å². The van der Waals surface area contributed by atoms with Gasteiger partial charge in [-0.3, -0.25) is 0 Å². The molecule has 122 valence electrons. The minimum atomic E-state index is -2.87. The van der Waals surface area contributed by atoms with Crippen molar-refractivity contribution in [1.82, 2.24) is 0 Å². The topological polar surface area (TPSA) is 47.6 Å². The van der Waals surface area contributed by atoms with Gasteiger partial charge in [0.1, 0.15) is 5.75 Å². The van der Waals surface area contributed by atoms with Crippen LogP contribution < -0.4 is 10.1 Å². The minimum absolute atomic E-state index is 0.122. The average Bonchev–Trinajstić information content (AvgIpc) is 2.54. The number of para-hydroxylation sites is 1. The predicted octanol–water partition coefficient (Wildman–Crippen LogP) is 4.00. The summed E-state index contributed by atoms with van der Waals surface area (Å²) in [6.07, 6.45) is 0. The van der Waals surface area contributed by atoms with E-state index < -0.39 is 12.6 Å². The first-order chi connectivity index (χ1) is 11.0. The van der Waals surface area contributed by atoms with Gasteiger partial charge in [0.15, 0.2) is 0 Å². The van der Waals surface area contributed by atoms with Crippen LogP contribution in [0.25, 0.3) is 0 Å². The van der Waals surface area contributed by atoms with Crippen molar-refractivity contribution in [2.45, 2.75) is 20.1 Å². The molecule has 0 saturated carbocycles. The number of hydrogen-bond acceptors (Lipinski definition) is 4. The maximum Gasteiger partial charge on any atom is 0.387 e. The van der Waals surface area contributed by atoms with Crippen LogP contribution in [0.15, 0.2) is 42.5 Å². The lowest BCUT2D eigenvalue weighted by atomic mass is 10.1. The number of nitrogens with one attached hydrogen (secondary N) is 1. The molecule has 0 aliphatic carbocycles. The number of benzene rings is 2. The summed E-state index contributed by atoms with van der Waals surface area (Å²) < 4.78 is 34.0. The Morgan fingerprint density at radius 1 is 1.22 bits per heavy atom. The third-order valence-corrected chi connectivity index (χ3v) is 3.32. The van der Waals surface area contributed by atoms with Gasteiger partial charge < -0.3 is 14.8 Å². The van der Waals surface area contributed by atoms with E-state index in [0.29, 0.717) is 11.1 Å². The number of methoxy groups -OCH3 is 1. The van der Waals surface area contributed by atoms with E-state index in [2.05, 4.69) is 14.8 Å². The van der Waals surface area contributed by atoms with Crippen molar-refractivity contribution in [3.63, 3.8) is 0 Å². The molecule has 0 spiro atoms. The first kappa shape index (κ1) is 16.7. The molecule has 0 heterocycles. The van der Waals surface area contributed by atoms with Gasteiger partial charge in [0.25, 0.3) is 0 Å². The van der Waals surface area contributed by atoms with Gasteiger partial charge >= 0.3 is 12.6 Å². The Morgan fingerprint density at radius 2 is 1.96 bits per heavy atom. The van der Waals surface area contributed by atoms with E-state index in [-0.39, 0.29) is 12.3 Å². The smallest absolute Gasteiger partial charge is 0.387 e. The van der Waals surface area contributed by atoms with Crippen molar-refractivity contribution < 1.29 is 23.0 Å². The molecule has 0 unspecified atom stereocenters. The Morgan fingerprint density at radius 3 is 2.65 bits per heavy atom. The predicted molar refractivity (Wildman–Crippen MR) is 82.9 cm³/mol. The molecular weight excluding hydrogens is 304 g/mol. The molecular formula is C17H17F2NO3. The zero-order valence-electron chi connectivity index (χ0n) is 12.8. The van der Waals surface area contributed by atoms with Crippen LogP contribution in [0.5, 0.6) is 5.75 Å². The number of hydrogen-bond donors (Lipinski definition) is 1. The highest BCUT2D eigenvalue weighted by Crippen LogP contribution is 2.23.